The van der Waals surface area contributed by atoms with Crippen LogP contribution < -0.4 is 5.32 Å². The van der Waals surface area contributed by atoms with Crippen molar-refractivity contribution in [3.63, 3.8) is 0 Å². The summed E-state index contributed by atoms with van der Waals surface area (Å²) in [6, 6.07) is 18.0. The summed E-state index contributed by atoms with van der Waals surface area (Å²) in [6.45, 7) is 2.60. The van der Waals surface area contributed by atoms with E-state index in [1.165, 1.54) is 5.56 Å². The van der Waals surface area contributed by atoms with E-state index in [1.807, 2.05) is 63.5 Å². The Morgan fingerprint density at radius 1 is 1.05 bits per heavy atom. The van der Waals surface area contributed by atoms with Gasteiger partial charge in [0.25, 0.3) is 5.91 Å². The predicted octanol–water partition coefficient (Wildman–Crippen LogP) is 3.03. The third-order valence-electron chi connectivity index (χ3n) is 3.58. The van der Waals surface area contributed by atoms with Crippen LogP contribution in [0, 0.1) is 6.92 Å². The Morgan fingerprint density at radius 3 is 2.24 bits per heavy atom. The van der Waals surface area contributed by atoms with Crippen molar-refractivity contribution in [2.75, 3.05) is 20.6 Å². The van der Waals surface area contributed by atoms with Crippen LogP contribution in [0.4, 0.5) is 0 Å². The predicted molar refractivity (Wildman–Crippen MR) is 86.4 cm³/mol. The fourth-order valence-electron chi connectivity index (χ4n) is 2.27. The molecule has 0 spiro atoms. The Morgan fingerprint density at radius 2 is 1.67 bits per heavy atom. The SMILES string of the molecule is Cc1ccc(C(=O)NCC(c2ccccc2)N(C)C)cc1. The topological polar surface area (TPSA) is 32.3 Å². The third-order valence-corrected chi connectivity index (χ3v) is 3.58. The van der Waals surface area contributed by atoms with Gasteiger partial charge in [0.15, 0.2) is 0 Å². The molecule has 0 radical (unpaired) electrons. The van der Waals surface area contributed by atoms with E-state index >= 15 is 0 Å². The number of amides is 1. The first kappa shape index (κ1) is 15.3. The molecule has 0 aliphatic heterocycles. The lowest BCUT2D eigenvalue weighted by atomic mass is 10.1. The van der Waals surface area contributed by atoms with Gasteiger partial charge in [0.2, 0.25) is 0 Å². The molecule has 0 heterocycles. The van der Waals surface area contributed by atoms with Crippen LogP contribution >= 0.6 is 0 Å². The number of likely N-dealkylation sites (N-methyl/N-ethyl adjacent to an activating group) is 1. The summed E-state index contributed by atoms with van der Waals surface area (Å²) >= 11 is 0. The Hall–Kier alpha value is -2.13. The second kappa shape index (κ2) is 7.04. The highest BCUT2D eigenvalue weighted by Crippen LogP contribution is 2.16. The van der Waals surface area contributed by atoms with E-state index in [9.17, 15) is 4.79 Å². The highest BCUT2D eigenvalue weighted by molar-refractivity contribution is 5.94. The van der Waals surface area contributed by atoms with E-state index in [-0.39, 0.29) is 11.9 Å². The molecule has 2 aromatic rings. The number of carbonyl (C=O) groups is 1. The smallest absolute Gasteiger partial charge is 0.251 e. The summed E-state index contributed by atoms with van der Waals surface area (Å²) in [5.41, 5.74) is 3.06. The number of carbonyl (C=O) groups excluding carboxylic acids is 1. The number of hydrogen-bond acceptors (Lipinski definition) is 2. The Kier molecular flexibility index (Phi) is 5.12. The number of aryl methyl sites for hydroxylation is 1. The molecular formula is C18H22N2O. The average molecular weight is 282 g/mol. The fourth-order valence-corrected chi connectivity index (χ4v) is 2.27. The third kappa shape index (κ3) is 4.17. The molecule has 3 nitrogen and oxygen atoms in total. The largest absolute Gasteiger partial charge is 0.350 e. The van der Waals surface area contributed by atoms with Gasteiger partial charge in [0, 0.05) is 12.1 Å². The van der Waals surface area contributed by atoms with Gasteiger partial charge in [-0.25, -0.2) is 0 Å². The van der Waals surface area contributed by atoms with Crippen molar-refractivity contribution in [3.05, 3.63) is 71.3 Å². The molecule has 110 valence electrons. The molecule has 0 saturated carbocycles. The van der Waals surface area contributed by atoms with Crippen molar-refractivity contribution in [3.8, 4) is 0 Å². The molecule has 1 N–H and O–H groups in total. The highest BCUT2D eigenvalue weighted by atomic mass is 16.1. The Balaban J connectivity index is 2.02. The van der Waals surface area contributed by atoms with Crippen LogP contribution in [0.2, 0.25) is 0 Å². The first-order valence-corrected chi connectivity index (χ1v) is 7.14. The molecule has 0 saturated heterocycles. The lowest BCUT2D eigenvalue weighted by molar-refractivity contribution is 0.0942. The van der Waals surface area contributed by atoms with Crippen molar-refractivity contribution >= 4 is 5.91 Å². The fraction of sp³-hybridized carbons (Fsp3) is 0.278. The first-order chi connectivity index (χ1) is 10.1. The number of rotatable bonds is 5. The van der Waals surface area contributed by atoms with E-state index in [1.54, 1.807) is 0 Å². The van der Waals surface area contributed by atoms with Crippen molar-refractivity contribution in [2.45, 2.75) is 13.0 Å². The van der Waals surface area contributed by atoms with Crippen LogP contribution in [0.1, 0.15) is 27.5 Å². The molecule has 0 aliphatic rings. The van der Waals surface area contributed by atoms with Gasteiger partial charge in [-0.1, -0.05) is 48.0 Å². The van der Waals surface area contributed by atoms with Crippen LogP contribution in [-0.2, 0) is 0 Å². The molecule has 21 heavy (non-hydrogen) atoms. The van der Waals surface area contributed by atoms with E-state index < -0.39 is 0 Å². The van der Waals surface area contributed by atoms with Crippen LogP contribution in [-0.4, -0.2) is 31.4 Å². The van der Waals surface area contributed by atoms with Gasteiger partial charge in [-0.3, -0.25) is 4.79 Å². The van der Waals surface area contributed by atoms with Gasteiger partial charge in [-0.2, -0.15) is 0 Å². The van der Waals surface area contributed by atoms with Gasteiger partial charge < -0.3 is 10.2 Å². The molecule has 0 aromatic heterocycles. The summed E-state index contributed by atoms with van der Waals surface area (Å²) < 4.78 is 0. The van der Waals surface area contributed by atoms with Gasteiger partial charge in [0.05, 0.1) is 6.04 Å². The van der Waals surface area contributed by atoms with Gasteiger partial charge >= 0.3 is 0 Å². The molecule has 2 aromatic carbocycles. The zero-order valence-electron chi connectivity index (χ0n) is 12.8. The van der Waals surface area contributed by atoms with Crippen molar-refractivity contribution in [1.29, 1.82) is 0 Å². The van der Waals surface area contributed by atoms with Crippen molar-refractivity contribution in [2.24, 2.45) is 0 Å². The lowest BCUT2D eigenvalue weighted by Gasteiger charge is -2.25. The molecule has 0 bridgehead atoms. The molecule has 3 heteroatoms. The zero-order chi connectivity index (χ0) is 15.2. The lowest BCUT2D eigenvalue weighted by Crippen LogP contribution is -2.34. The summed E-state index contributed by atoms with van der Waals surface area (Å²) in [7, 11) is 4.05. The first-order valence-electron chi connectivity index (χ1n) is 7.14. The monoisotopic (exact) mass is 282 g/mol. The van der Waals surface area contributed by atoms with Gasteiger partial charge in [-0.05, 0) is 38.7 Å². The zero-order valence-corrected chi connectivity index (χ0v) is 12.8. The van der Waals surface area contributed by atoms with Crippen molar-refractivity contribution < 1.29 is 4.79 Å². The van der Waals surface area contributed by atoms with E-state index in [2.05, 4.69) is 22.3 Å². The molecule has 1 unspecified atom stereocenters. The van der Waals surface area contributed by atoms with E-state index in [0.717, 1.165) is 5.56 Å². The maximum atomic E-state index is 12.2. The summed E-state index contributed by atoms with van der Waals surface area (Å²) in [5.74, 6) is -0.0298. The Labute approximate surface area is 126 Å². The molecule has 0 fully saturated rings. The molecule has 1 atom stereocenters. The Bertz CT molecular complexity index is 576. The normalized spacial score (nSPS) is 12.2. The average Bonchev–Trinajstić information content (AvgIpc) is 2.48. The van der Waals surface area contributed by atoms with Gasteiger partial charge in [0.1, 0.15) is 0 Å². The number of nitrogens with one attached hydrogen (secondary N) is 1. The molecule has 0 aliphatic carbocycles. The van der Waals surface area contributed by atoms with Crippen LogP contribution in [0.5, 0.6) is 0 Å². The summed E-state index contributed by atoms with van der Waals surface area (Å²) in [5, 5.41) is 3.02. The molecule has 1 amide bonds. The molecule has 2 rings (SSSR count). The van der Waals surface area contributed by atoms with Crippen LogP contribution in [0.25, 0.3) is 0 Å². The highest BCUT2D eigenvalue weighted by Gasteiger charge is 2.15. The summed E-state index contributed by atoms with van der Waals surface area (Å²) in [6.07, 6.45) is 0. The standard InChI is InChI=1S/C18H22N2O/c1-14-9-11-16(12-10-14)18(21)19-13-17(20(2)3)15-7-5-4-6-8-15/h4-12,17H,13H2,1-3H3,(H,19,21). The number of hydrogen-bond donors (Lipinski definition) is 1. The minimum Gasteiger partial charge on any atom is -0.350 e. The maximum absolute atomic E-state index is 12.2. The van der Waals surface area contributed by atoms with Gasteiger partial charge in [-0.15, -0.1) is 0 Å². The van der Waals surface area contributed by atoms with Crippen molar-refractivity contribution in [1.82, 2.24) is 10.2 Å². The second-order valence-corrected chi connectivity index (χ2v) is 5.47. The molecular weight excluding hydrogens is 260 g/mol. The van der Waals surface area contributed by atoms with E-state index in [0.29, 0.717) is 12.1 Å². The second-order valence-electron chi connectivity index (χ2n) is 5.47. The minimum absolute atomic E-state index is 0.0298. The van der Waals surface area contributed by atoms with Crippen LogP contribution in [0.15, 0.2) is 54.6 Å². The number of nitrogens with zero attached hydrogens (tertiary/aromatic N) is 1. The van der Waals surface area contributed by atoms with Crippen LogP contribution in [0.3, 0.4) is 0 Å². The summed E-state index contributed by atoms with van der Waals surface area (Å²) in [4.78, 5) is 14.3. The number of benzene rings is 2. The quantitative estimate of drug-likeness (QED) is 0.914. The maximum Gasteiger partial charge on any atom is 0.251 e. The van der Waals surface area contributed by atoms with E-state index in [4.69, 9.17) is 0 Å². The minimum atomic E-state index is -0.0298.